The highest BCUT2D eigenvalue weighted by Gasteiger charge is 2.04. The van der Waals surface area contributed by atoms with Gasteiger partial charge in [-0.25, -0.2) is 4.98 Å². The van der Waals surface area contributed by atoms with Gasteiger partial charge >= 0.3 is 0 Å². The Morgan fingerprint density at radius 2 is 1.90 bits per heavy atom. The number of anilines is 1. The number of benzene rings is 1. The minimum absolute atomic E-state index is 0.902. The van der Waals surface area contributed by atoms with Crippen LogP contribution in [0.2, 0.25) is 0 Å². The maximum Gasteiger partial charge on any atom is 0.125 e. The van der Waals surface area contributed by atoms with Gasteiger partial charge in [0, 0.05) is 25.8 Å². The van der Waals surface area contributed by atoms with Crippen LogP contribution in [0.5, 0.6) is 0 Å². The average molecular weight is 269 g/mol. The Hall–Kier alpha value is -1.87. The van der Waals surface area contributed by atoms with Crippen molar-refractivity contribution in [1.29, 1.82) is 0 Å². The van der Waals surface area contributed by atoms with E-state index < -0.39 is 0 Å². The fourth-order valence-corrected chi connectivity index (χ4v) is 2.25. The molecule has 2 rings (SSSR count). The van der Waals surface area contributed by atoms with Gasteiger partial charge in [0.25, 0.3) is 0 Å². The van der Waals surface area contributed by atoms with E-state index in [0.29, 0.717) is 0 Å². The summed E-state index contributed by atoms with van der Waals surface area (Å²) in [6.07, 6.45) is 1.95. The number of aryl methyl sites for hydroxylation is 1. The van der Waals surface area contributed by atoms with Crippen molar-refractivity contribution in [3.8, 4) is 0 Å². The Balaban J connectivity index is 1.94. The number of hydrogen-bond donors (Lipinski definition) is 1. The van der Waals surface area contributed by atoms with Gasteiger partial charge < -0.3 is 5.32 Å². The van der Waals surface area contributed by atoms with E-state index in [1.165, 1.54) is 16.7 Å². The topological polar surface area (TPSA) is 28.2 Å². The highest BCUT2D eigenvalue weighted by Crippen LogP contribution is 2.12. The minimum atomic E-state index is 0.902. The van der Waals surface area contributed by atoms with E-state index in [4.69, 9.17) is 0 Å². The standard InChI is InChI=1S/C17H23N3/c1-4-18-17-10-9-15(11-19-17)12-20(3)13-16-8-6-5-7-14(16)2/h5-11H,4,12-13H2,1-3H3,(H,18,19). The fourth-order valence-electron chi connectivity index (χ4n) is 2.25. The van der Waals surface area contributed by atoms with Crippen LogP contribution in [0.15, 0.2) is 42.6 Å². The summed E-state index contributed by atoms with van der Waals surface area (Å²) < 4.78 is 0. The second-order valence-electron chi connectivity index (χ2n) is 5.18. The quantitative estimate of drug-likeness (QED) is 0.870. The molecule has 0 saturated carbocycles. The molecule has 1 N–H and O–H groups in total. The Labute approximate surface area is 121 Å². The molecule has 1 aromatic carbocycles. The Kier molecular flexibility index (Phi) is 5.13. The van der Waals surface area contributed by atoms with Crippen LogP contribution in [0.4, 0.5) is 5.82 Å². The summed E-state index contributed by atoms with van der Waals surface area (Å²) in [6.45, 7) is 7.01. The van der Waals surface area contributed by atoms with Crippen LogP contribution in [0.1, 0.15) is 23.6 Å². The zero-order chi connectivity index (χ0) is 14.4. The fraction of sp³-hybridized carbons (Fsp3) is 0.353. The first-order valence-corrected chi connectivity index (χ1v) is 7.11. The smallest absolute Gasteiger partial charge is 0.125 e. The molecule has 0 amide bonds. The maximum atomic E-state index is 4.41. The first-order chi connectivity index (χ1) is 9.69. The second kappa shape index (κ2) is 7.06. The summed E-state index contributed by atoms with van der Waals surface area (Å²) in [6, 6.07) is 12.7. The van der Waals surface area contributed by atoms with E-state index in [1.54, 1.807) is 0 Å². The van der Waals surface area contributed by atoms with Crippen molar-refractivity contribution in [2.45, 2.75) is 26.9 Å². The molecule has 1 heterocycles. The molecule has 3 nitrogen and oxygen atoms in total. The third-order valence-corrected chi connectivity index (χ3v) is 3.34. The van der Waals surface area contributed by atoms with Gasteiger partial charge in [0.15, 0.2) is 0 Å². The number of rotatable bonds is 6. The zero-order valence-corrected chi connectivity index (χ0v) is 12.6. The van der Waals surface area contributed by atoms with Crippen LogP contribution in [0.25, 0.3) is 0 Å². The van der Waals surface area contributed by atoms with E-state index in [0.717, 1.165) is 25.5 Å². The van der Waals surface area contributed by atoms with E-state index >= 15 is 0 Å². The van der Waals surface area contributed by atoms with E-state index in [2.05, 4.69) is 66.4 Å². The molecule has 0 aliphatic rings. The van der Waals surface area contributed by atoms with Crippen LogP contribution >= 0.6 is 0 Å². The predicted molar refractivity (Wildman–Crippen MR) is 84.8 cm³/mol. The molecule has 0 saturated heterocycles. The van der Waals surface area contributed by atoms with E-state index in [9.17, 15) is 0 Å². The lowest BCUT2D eigenvalue weighted by Gasteiger charge is -2.18. The second-order valence-corrected chi connectivity index (χ2v) is 5.18. The highest BCUT2D eigenvalue weighted by atomic mass is 15.1. The third-order valence-electron chi connectivity index (χ3n) is 3.34. The molecule has 0 aliphatic carbocycles. The van der Waals surface area contributed by atoms with Crippen LogP contribution in [-0.4, -0.2) is 23.5 Å². The molecular formula is C17H23N3. The number of hydrogen-bond acceptors (Lipinski definition) is 3. The van der Waals surface area contributed by atoms with Gasteiger partial charge in [-0.1, -0.05) is 30.3 Å². The lowest BCUT2D eigenvalue weighted by molar-refractivity contribution is 0.318. The predicted octanol–water partition coefficient (Wildman–Crippen LogP) is 3.45. The first kappa shape index (κ1) is 14.5. The molecule has 2 aromatic rings. The van der Waals surface area contributed by atoms with Crippen LogP contribution < -0.4 is 5.32 Å². The zero-order valence-electron chi connectivity index (χ0n) is 12.6. The Bertz CT molecular complexity index is 534. The summed E-state index contributed by atoms with van der Waals surface area (Å²) in [5, 5.41) is 3.21. The molecule has 1 aromatic heterocycles. The van der Waals surface area contributed by atoms with Crippen molar-refractivity contribution in [3.05, 3.63) is 59.3 Å². The number of nitrogens with zero attached hydrogens (tertiary/aromatic N) is 2. The van der Waals surface area contributed by atoms with Crippen molar-refractivity contribution in [2.75, 3.05) is 18.9 Å². The molecular weight excluding hydrogens is 246 g/mol. The molecule has 3 heteroatoms. The van der Waals surface area contributed by atoms with Gasteiger partial charge in [-0.2, -0.15) is 0 Å². The number of nitrogens with one attached hydrogen (secondary N) is 1. The molecule has 0 unspecified atom stereocenters. The molecule has 0 atom stereocenters. The summed E-state index contributed by atoms with van der Waals surface area (Å²) in [5.41, 5.74) is 3.97. The number of aromatic nitrogens is 1. The van der Waals surface area contributed by atoms with E-state index in [1.807, 2.05) is 12.3 Å². The summed E-state index contributed by atoms with van der Waals surface area (Å²) in [4.78, 5) is 6.72. The lowest BCUT2D eigenvalue weighted by atomic mass is 10.1. The van der Waals surface area contributed by atoms with Crippen LogP contribution in [0, 0.1) is 6.92 Å². The molecule has 0 bridgehead atoms. The van der Waals surface area contributed by atoms with Crippen LogP contribution in [0.3, 0.4) is 0 Å². The monoisotopic (exact) mass is 269 g/mol. The van der Waals surface area contributed by atoms with Gasteiger partial charge in [-0.15, -0.1) is 0 Å². The lowest BCUT2D eigenvalue weighted by Crippen LogP contribution is -2.18. The van der Waals surface area contributed by atoms with Gasteiger partial charge in [-0.3, -0.25) is 4.90 Å². The van der Waals surface area contributed by atoms with Crippen LogP contribution in [-0.2, 0) is 13.1 Å². The molecule has 0 spiro atoms. The van der Waals surface area contributed by atoms with Crippen molar-refractivity contribution in [2.24, 2.45) is 0 Å². The number of pyridine rings is 1. The average Bonchev–Trinajstić information content (AvgIpc) is 2.44. The Morgan fingerprint density at radius 1 is 1.10 bits per heavy atom. The third kappa shape index (κ3) is 4.07. The largest absolute Gasteiger partial charge is 0.370 e. The Morgan fingerprint density at radius 3 is 2.55 bits per heavy atom. The molecule has 0 fully saturated rings. The van der Waals surface area contributed by atoms with Gasteiger partial charge in [0.2, 0.25) is 0 Å². The highest BCUT2D eigenvalue weighted by molar-refractivity contribution is 5.35. The maximum absolute atomic E-state index is 4.41. The molecule has 0 radical (unpaired) electrons. The molecule has 0 aliphatic heterocycles. The van der Waals surface area contributed by atoms with Crippen molar-refractivity contribution in [1.82, 2.24) is 9.88 Å². The van der Waals surface area contributed by atoms with Gasteiger partial charge in [0.05, 0.1) is 0 Å². The SMILES string of the molecule is CCNc1ccc(CN(C)Cc2ccccc2C)cn1. The molecule has 20 heavy (non-hydrogen) atoms. The van der Waals surface area contributed by atoms with Crippen molar-refractivity contribution in [3.63, 3.8) is 0 Å². The molecule has 106 valence electrons. The van der Waals surface area contributed by atoms with Gasteiger partial charge in [0.1, 0.15) is 5.82 Å². The van der Waals surface area contributed by atoms with Crippen molar-refractivity contribution < 1.29 is 0 Å². The first-order valence-electron chi connectivity index (χ1n) is 7.11. The minimum Gasteiger partial charge on any atom is -0.370 e. The summed E-state index contributed by atoms with van der Waals surface area (Å²) >= 11 is 0. The summed E-state index contributed by atoms with van der Waals surface area (Å²) in [7, 11) is 2.14. The van der Waals surface area contributed by atoms with Gasteiger partial charge in [-0.05, 0) is 43.7 Å². The normalized spacial score (nSPS) is 10.8. The summed E-state index contributed by atoms with van der Waals surface area (Å²) in [5.74, 6) is 0.942. The van der Waals surface area contributed by atoms with E-state index in [-0.39, 0.29) is 0 Å². The van der Waals surface area contributed by atoms with Crippen molar-refractivity contribution >= 4 is 5.82 Å².